The van der Waals surface area contributed by atoms with Crippen LogP contribution in [0.1, 0.15) is 53.6 Å². The fourth-order valence-corrected chi connectivity index (χ4v) is 6.05. The zero-order chi connectivity index (χ0) is 27.4. The average molecular weight is 537 g/mol. The Kier molecular flexibility index (Phi) is 8.31. The van der Waals surface area contributed by atoms with Crippen molar-refractivity contribution in [1.82, 2.24) is 0 Å². The molecule has 0 saturated carbocycles. The van der Waals surface area contributed by atoms with Gasteiger partial charge in [-0.25, -0.2) is 4.99 Å². The van der Waals surface area contributed by atoms with Crippen LogP contribution in [0.5, 0.6) is 23.0 Å². The summed E-state index contributed by atoms with van der Waals surface area (Å²) in [6.07, 6.45) is 4.57. The van der Waals surface area contributed by atoms with Crippen LogP contribution in [-0.2, 0) is 12.8 Å². The number of nitrogens with zero attached hydrogens (tertiary/aromatic N) is 1. The number of amides is 1. The number of thiophene rings is 1. The van der Waals surface area contributed by atoms with Gasteiger partial charge < -0.3 is 24.3 Å². The van der Waals surface area contributed by atoms with Gasteiger partial charge in [0.25, 0.3) is 5.91 Å². The fourth-order valence-electron chi connectivity index (χ4n) is 4.79. The van der Waals surface area contributed by atoms with Crippen LogP contribution in [0.3, 0.4) is 0 Å². The van der Waals surface area contributed by atoms with Gasteiger partial charge in [0.2, 0.25) is 0 Å². The number of hydrogen-bond donors (Lipinski definition) is 1. The van der Waals surface area contributed by atoms with E-state index in [9.17, 15) is 4.79 Å². The van der Waals surface area contributed by atoms with Gasteiger partial charge in [-0.3, -0.25) is 4.79 Å². The Morgan fingerprint density at radius 1 is 0.974 bits per heavy atom. The van der Waals surface area contributed by atoms with E-state index >= 15 is 0 Å². The van der Waals surface area contributed by atoms with Crippen molar-refractivity contribution < 1.29 is 23.7 Å². The molecule has 1 heterocycles. The number of anilines is 1. The summed E-state index contributed by atoms with van der Waals surface area (Å²) in [6, 6.07) is 10.9. The second-order valence-electron chi connectivity index (χ2n) is 10.4. The number of carbonyl (C=O) groups is 1. The van der Waals surface area contributed by atoms with Gasteiger partial charge in [0.05, 0.1) is 34.0 Å². The van der Waals surface area contributed by atoms with E-state index < -0.39 is 0 Å². The number of carbonyl (C=O) groups excluding carboxylic acids is 1. The predicted octanol–water partition coefficient (Wildman–Crippen LogP) is 6.94. The monoisotopic (exact) mass is 536 g/mol. The highest BCUT2D eigenvalue weighted by Gasteiger charge is 2.33. The van der Waals surface area contributed by atoms with Crippen molar-refractivity contribution in [2.75, 3.05) is 33.8 Å². The fraction of sp³-hybridized carbons (Fsp3) is 0.400. The van der Waals surface area contributed by atoms with Gasteiger partial charge in [-0.05, 0) is 66.5 Å². The van der Waals surface area contributed by atoms with Gasteiger partial charge in [0.15, 0.2) is 11.5 Å². The van der Waals surface area contributed by atoms with E-state index in [0.717, 1.165) is 36.1 Å². The van der Waals surface area contributed by atoms with Gasteiger partial charge in [-0.1, -0.05) is 20.8 Å². The average Bonchev–Trinajstić information content (AvgIpc) is 3.29. The zero-order valence-corrected chi connectivity index (χ0v) is 24.0. The number of hydrogen-bond acceptors (Lipinski definition) is 7. The minimum atomic E-state index is -0.159. The molecule has 3 aromatic rings. The molecule has 0 saturated heterocycles. The molecular formula is C30H36N2O5S. The van der Waals surface area contributed by atoms with Crippen LogP contribution in [0.25, 0.3) is 0 Å². The van der Waals surface area contributed by atoms with E-state index in [1.54, 1.807) is 52.1 Å². The smallest absolute Gasteiger partial charge is 0.259 e. The van der Waals surface area contributed by atoms with E-state index in [4.69, 9.17) is 23.9 Å². The first-order valence-electron chi connectivity index (χ1n) is 12.6. The van der Waals surface area contributed by atoms with E-state index in [-0.39, 0.29) is 11.3 Å². The number of aliphatic imine (C=N–C) groups is 1. The van der Waals surface area contributed by atoms with Crippen molar-refractivity contribution in [3.63, 3.8) is 0 Å². The first-order chi connectivity index (χ1) is 18.2. The van der Waals surface area contributed by atoms with Crippen molar-refractivity contribution in [3.05, 3.63) is 58.0 Å². The quantitative estimate of drug-likeness (QED) is 0.316. The van der Waals surface area contributed by atoms with Gasteiger partial charge in [0, 0.05) is 28.4 Å². The second kappa shape index (κ2) is 11.5. The Labute approximate surface area is 228 Å². The van der Waals surface area contributed by atoms with Crippen LogP contribution in [0.2, 0.25) is 0 Å². The third-order valence-corrected chi connectivity index (χ3v) is 8.27. The molecule has 0 fully saturated rings. The van der Waals surface area contributed by atoms with E-state index in [0.29, 0.717) is 39.4 Å². The van der Waals surface area contributed by atoms with Crippen LogP contribution < -0.4 is 24.3 Å². The number of benzene rings is 2. The molecule has 1 amide bonds. The lowest BCUT2D eigenvalue weighted by Crippen LogP contribution is -2.27. The maximum absolute atomic E-state index is 13.6. The summed E-state index contributed by atoms with van der Waals surface area (Å²) in [5.41, 5.74) is 3.38. The van der Waals surface area contributed by atoms with Gasteiger partial charge in [-0.15, -0.1) is 11.3 Å². The maximum Gasteiger partial charge on any atom is 0.259 e. The molecule has 1 aliphatic carbocycles. The lowest BCUT2D eigenvalue weighted by molar-refractivity contribution is 0.102. The first kappa shape index (κ1) is 27.5. The van der Waals surface area contributed by atoms with Crippen LogP contribution in [-0.4, -0.2) is 40.6 Å². The lowest BCUT2D eigenvalue weighted by Gasteiger charge is -2.33. The molecule has 0 unspecified atom stereocenters. The molecule has 0 aliphatic heterocycles. The molecule has 202 valence electrons. The van der Waals surface area contributed by atoms with Crippen LogP contribution in [0, 0.1) is 11.3 Å². The number of ether oxygens (including phenoxy) is 4. The molecule has 2 aromatic carbocycles. The van der Waals surface area contributed by atoms with Gasteiger partial charge in [-0.2, -0.15) is 0 Å². The van der Waals surface area contributed by atoms with Crippen molar-refractivity contribution in [2.24, 2.45) is 16.3 Å². The van der Waals surface area contributed by atoms with Crippen LogP contribution in [0.15, 0.2) is 41.4 Å². The topological polar surface area (TPSA) is 78.4 Å². The van der Waals surface area contributed by atoms with Crippen molar-refractivity contribution in [2.45, 2.75) is 40.0 Å². The van der Waals surface area contributed by atoms with Crippen molar-refractivity contribution >= 4 is 34.1 Å². The second-order valence-corrected chi connectivity index (χ2v) is 11.5. The highest BCUT2D eigenvalue weighted by atomic mass is 32.1. The molecule has 8 heteroatoms. The summed E-state index contributed by atoms with van der Waals surface area (Å²) in [5.74, 6) is 2.87. The van der Waals surface area contributed by atoms with Gasteiger partial charge >= 0.3 is 0 Å². The highest BCUT2D eigenvalue weighted by molar-refractivity contribution is 7.16. The summed E-state index contributed by atoms with van der Waals surface area (Å²) in [7, 11) is 6.39. The molecule has 7 nitrogen and oxygen atoms in total. The Bertz CT molecular complexity index is 1320. The largest absolute Gasteiger partial charge is 0.497 e. The molecule has 0 radical (unpaired) electrons. The van der Waals surface area contributed by atoms with Crippen LogP contribution in [0.4, 0.5) is 10.7 Å². The summed E-state index contributed by atoms with van der Waals surface area (Å²) < 4.78 is 21.7. The van der Waals surface area contributed by atoms with E-state index in [1.165, 1.54) is 4.88 Å². The molecule has 0 spiro atoms. The van der Waals surface area contributed by atoms with Crippen molar-refractivity contribution in [3.8, 4) is 23.0 Å². The standard InChI is InChI=1S/C30H36N2O5S/c1-30(2,3)19-8-13-22-26(15-19)38-29(27(22)28(33)32-20-9-11-21(34-4)12-10-20)31-17-18-14-24(36-6)25(37-7)16-23(18)35-5/h9-12,14,16-17,19H,8,13,15H2,1-7H3,(H,32,33)/t19-/m1/s1. The summed E-state index contributed by atoms with van der Waals surface area (Å²) in [6.45, 7) is 6.86. The molecule has 0 bridgehead atoms. The molecule has 1 aliphatic rings. The highest BCUT2D eigenvalue weighted by Crippen LogP contribution is 2.45. The van der Waals surface area contributed by atoms with Crippen LogP contribution >= 0.6 is 11.3 Å². The zero-order valence-electron chi connectivity index (χ0n) is 23.1. The van der Waals surface area contributed by atoms with Gasteiger partial charge in [0.1, 0.15) is 16.5 Å². The predicted molar refractivity (Wildman–Crippen MR) is 154 cm³/mol. The number of rotatable bonds is 8. The van der Waals surface area contributed by atoms with E-state index in [1.807, 2.05) is 30.3 Å². The minimum absolute atomic E-state index is 0.159. The maximum atomic E-state index is 13.6. The Morgan fingerprint density at radius 2 is 1.63 bits per heavy atom. The molecule has 1 aromatic heterocycles. The van der Waals surface area contributed by atoms with Crippen molar-refractivity contribution in [1.29, 1.82) is 0 Å². The molecule has 1 atom stereocenters. The normalized spacial score (nSPS) is 15.2. The number of methoxy groups -OCH3 is 4. The Balaban J connectivity index is 1.74. The number of fused-ring (bicyclic) bond motifs is 1. The SMILES string of the molecule is COc1ccc(NC(=O)c2c(N=Cc3cc(OC)c(OC)cc3OC)sc3c2CC[C@@H](C(C)(C)C)C3)cc1. The summed E-state index contributed by atoms with van der Waals surface area (Å²) >= 11 is 1.60. The lowest BCUT2D eigenvalue weighted by atomic mass is 9.72. The molecule has 1 N–H and O–H groups in total. The Hall–Kier alpha value is -3.52. The third-order valence-electron chi connectivity index (χ3n) is 7.10. The minimum Gasteiger partial charge on any atom is -0.497 e. The molecular weight excluding hydrogens is 500 g/mol. The molecule has 38 heavy (non-hydrogen) atoms. The van der Waals surface area contributed by atoms with E-state index in [2.05, 4.69) is 26.1 Å². The molecule has 4 rings (SSSR count). The summed E-state index contributed by atoms with van der Waals surface area (Å²) in [5, 5.41) is 3.75. The number of nitrogens with one attached hydrogen (secondary N) is 1. The first-order valence-corrected chi connectivity index (χ1v) is 13.4. The summed E-state index contributed by atoms with van der Waals surface area (Å²) in [4.78, 5) is 19.7. The Morgan fingerprint density at radius 3 is 2.24 bits per heavy atom. The third kappa shape index (κ3) is 5.80.